The van der Waals surface area contributed by atoms with E-state index in [2.05, 4.69) is 20.6 Å². The van der Waals surface area contributed by atoms with Gasteiger partial charge in [0.25, 0.3) is 5.56 Å². The number of aromatic amines is 1. The maximum atomic E-state index is 12.9. The highest BCUT2D eigenvalue weighted by Crippen LogP contribution is 2.35. The number of imidazole rings is 1. The number of amides is 2. The Morgan fingerprint density at radius 2 is 2.03 bits per heavy atom. The van der Waals surface area contributed by atoms with Gasteiger partial charge in [-0.05, 0) is 35.4 Å². The number of nitrogens with zero attached hydrogens (tertiary/aromatic N) is 2. The van der Waals surface area contributed by atoms with Gasteiger partial charge in [-0.3, -0.25) is 9.20 Å². The summed E-state index contributed by atoms with van der Waals surface area (Å²) < 4.78 is 14.7. The van der Waals surface area contributed by atoms with Crippen LogP contribution in [0.1, 0.15) is 16.8 Å². The first-order valence-electron chi connectivity index (χ1n) is 9.09. The van der Waals surface area contributed by atoms with E-state index >= 15 is 0 Å². The average Bonchev–Trinajstić information content (AvgIpc) is 3.33. The molecule has 5 rings (SSSR count). The molecule has 3 N–H and O–H groups in total. The molecule has 7 nitrogen and oxygen atoms in total. The van der Waals surface area contributed by atoms with Crippen molar-refractivity contribution in [2.75, 3.05) is 5.32 Å². The second-order valence-electron chi connectivity index (χ2n) is 6.88. The van der Waals surface area contributed by atoms with Gasteiger partial charge in [0, 0.05) is 36.6 Å². The van der Waals surface area contributed by atoms with E-state index < -0.39 is 0 Å². The second kappa shape index (κ2) is 6.59. The molecule has 4 aromatic rings. The number of urea groups is 1. The van der Waals surface area contributed by atoms with E-state index in [-0.39, 0.29) is 17.4 Å². The fraction of sp³-hybridized carbons (Fsp3) is 0.0952. The average molecular weight is 389 g/mol. The molecule has 0 radical (unpaired) electrons. The summed E-state index contributed by atoms with van der Waals surface area (Å²) in [6.45, 7) is 0.294. The van der Waals surface area contributed by atoms with E-state index in [1.54, 1.807) is 35.0 Å². The maximum Gasteiger partial charge on any atom is 0.319 e. The van der Waals surface area contributed by atoms with Crippen molar-refractivity contribution in [3.05, 3.63) is 87.9 Å². The molecule has 0 aliphatic heterocycles. The number of fused-ring (bicyclic) bond motifs is 5. The number of benzene rings is 2. The zero-order valence-electron chi connectivity index (χ0n) is 15.2. The topological polar surface area (TPSA) is 91.3 Å². The zero-order chi connectivity index (χ0) is 20.0. The number of anilines is 1. The molecular weight excluding hydrogens is 373 g/mol. The van der Waals surface area contributed by atoms with Crippen molar-refractivity contribution in [1.82, 2.24) is 19.7 Å². The predicted octanol–water partition coefficient (Wildman–Crippen LogP) is 3.05. The van der Waals surface area contributed by atoms with E-state index in [9.17, 15) is 14.0 Å². The molecular formula is C21H16FN5O2. The first-order valence-corrected chi connectivity index (χ1v) is 9.09. The fourth-order valence-corrected chi connectivity index (χ4v) is 3.65. The Kier molecular flexibility index (Phi) is 3.90. The van der Waals surface area contributed by atoms with Gasteiger partial charge in [-0.1, -0.05) is 18.2 Å². The summed E-state index contributed by atoms with van der Waals surface area (Å²) >= 11 is 0. The lowest BCUT2D eigenvalue weighted by Crippen LogP contribution is -2.28. The third-order valence-electron chi connectivity index (χ3n) is 5.02. The van der Waals surface area contributed by atoms with Crippen LogP contribution in [-0.2, 0) is 13.0 Å². The lowest BCUT2D eigenvalue weighted by atomic mass is 10.1. The summed E-state index contributed by atoms with van der Waals surface area (Å²) in [4.78, 5) is 31.4. The van der Waals surface area contributed by atoms with Crippen molar-refractivity contribution in [3.8, 4) is 11.3 Å². The maximum absolute atomic E-state index is 12.9. The van der Waals surface area contributed by atoms with Crippen LogP contribution in [0.5, 0.6) is 0 Å². The monoisotopic (exact) mass is 389 g/mol. The Morgan fingerprint density at radius 3 is 2.86 bits per heavy atom. The highest BCUT2D eigenvalue weighted by Gasteiger charge is 2.23. The molecule has 0 bridgehead atoms. The molecule has 0 atom stereocenters. The standard InChI is InChI=1S/C21H16FN5O2/c22-14-3-1-12(2-4-14)11-24-21(29)25-15-5-6-16-13(9-15)10-17-18(16)26-20(28)19-23-7-8-27(17)19/h1-9H,10-11H2,(H,26,28)(H2,24,25,29). The van der Waals surface area contributed by atoms with Gasteiger partial charge in [0.1, 0.15) is 5.82 Å². The highest BCUT2D eigenvalue weighted by atomic mass is 19.1. The van der Waals surface area contributed by atoms with Gasteiger partial charge >= 0.3 is 6.03 Å². The first-order chi connectivity index (χ1) is 14.1. The number of hydrogen-bond donors (Lipinski definition) is 3. The van der Waals surface area contributed by atoms with E-state index in [1.807, 2.05) is 12.1 Å². The van der Waals surface area contributed by atoms with Crippen LogP contribution < -0.4 is 16.2 Å². The van der Waals surface area contributed by atoms with Crippen LogP contribution in [-0.4, -0.2) is 20.4 Å². The van der Waals surface area contributed by atoms with Crippen molar-refractivity contribution in [3.63, 3.8) is 0 Å². The van der Waals surface area contributed by atoms with Crippen molar-refractivity contribution < 1.29 is 9.18 Å². The summed E-state index contributed by atoms with van der Waals surface area (Å²) in [5, 5.41) is 5.56. The molecule has 0 saturated heterocycles. The van der Waals surface area contributed by atoms with Crippen LogP contribution in [0.2, 0.25) is 0 Å². The molecule has 2 amide bonds. The summed E-state index contributed by atoms with van der Waals surface area (Å²) in [7, 11) is 0. The summed E-state index contributed by atoms with van der Waals surface area (Å²) in [6, 6.07) is 11.2. The molecule has 0 fully saturated rings. The Balaban J connectivity index is 1.33. The Labute approximate surface area is 164 Å². The molecule has 0 saturated carbocycles. The zero-order valence-corrected chi connectivity index (χ0v) is 15.2. The third kappa shape index (κ3) is 3.04. The molecule has 29 heavy (non-hydrogen) atoms. The van der Waals surface area contributed by atoms with Crippen LogP contribution in [0.4, 0.5) is 14.9 Å². The van der Waals surface area contributed by atoms with Crippen LogP contribution in [0.25, 0.3) is 16.9 Å². The minimum Gasteiger partial charge on any atom is -0.334 e. The Bertz CT molecular complexity index is 1310. The summed E-state index contributed by atoms with van der Waals surface area (Å²) in [6.07, 6.45) is 4.00. The Hall–Kier alpha value is -3.94. The van der Waals surface area contributed by atoms with E-state index in [4.69, 9.17) is 0 Å². The molecule has 1 aliphatic rings. The second-order valence-corrected chi connectivity index (χ2v) is 6.88. The van der Waals surface area contributed by atoms with Gasteiger partial charge in [-0.25, -0.2) is 14.2 Å². The first kappa shape index (κ1) is 17.2. The number of carbonyl (C=O) groups excluding carboxylic acids is 1. The third-order valence-corrected chi connectivity index (χ3v) is 5.02. The number of halogens is 1. The van der Waals surface area contributed by atoms with Crippen molar-refractivity contribution in [2.24, 2.45) is 0 Å². The van der Waals surface area contributed by atoms with E-state index in [0.29, 0.717) is 24.3 Å². The molecule has 144 valence electrons. The van der Waals surface area contributed by atoms with Crippen molar-refractivity contribution >= 4 is 17.4 Å². The summed E-state index contributed by atoms with van der Waals surface area (Å²) in [5.41, 5.74) is 5.28. The fourth-order valence-electron chi connectivity index (χ4n) is 3.65. The quantitative estimate of drug-likeness (QED) is 0.443. The normalized spacial score (nSPS) is 11.9. The van der Waals surface area contributed by atoms with Crippen LogP contribution >= 0.6 is 0 Å². The molecule has 1 aliphatic carbocycles. The molecule has 2 aromatic heterocycles. The van der Waals surface area contributed by atoms with Crippen molar-refractivity contribution in [2.45, 2.75) is 13.0 Å². The molecule has 8 heteroatoms. The number of carbonyl (C=O) groups is 1. The summed E-state index contributed by atoms with van der Waals surface area (Å²) in [5.74, 6) is -0.313. The van der Waals surface area contributed by atoms with Crippen LogP contribution in [0.15, 0.2) is 59.7 Å². The van der Waals surface area contributed by atoms with Crippen LogP contribution in [0.3, 0.4) is 0 Å². The minimum atomic E-state index is -0.352. The van der Waals surface area contributed by atoms with Gasteiger partial charge in [0.2, 0.25) is 5.65 Å². The number of nitrogens with one attached hydrogen (secondary N) is 3. The molecule has 2 heterocycles. The SMILES string of the molecule is O=C(NCc1ccc(F)cc1)Nc1ccc2c(c1)Cc1c-2[nH]c(=O)c2nccn12. The lowest BCUT2D eigenvalue weighted by molar-refractivity contribution is 0.251. The number of aromatic nitrogens is 3. The molecule has 0 unspecified atom stereocenters. The number of hydrogen-bond acceptors (Lipinski definition) is 3. The minimum absolute atomic E-state index is 0.232. The highest BCUT2D eigenvalue weighted by molar-refractivity contribution is 5.90. The van der Waals surface area contributed by atoms with Gasteiger partial charge in [0.05, 0.1) is 11.4 Å². The predicted molar refractivity (Wildman–Crippen MR) is 106 cm³/mol. The Morgan fingerprint density at radius 1 is 1.21 bits per heavy atom. The number of H-pyrrole nitrogens is 1. The van der Waals surface area contributed by atoms with Gasteiger partial charge in [0.15, 0.2) is 0 Å². The van der Waals surface area contributed by atoms with E-state index in [1.165, 1.54) is 12.1 Å². The molecule has 2 aromatic carbocycles. The molecule has 0 spiro atoms. The largest absolute Gasteiger partial charge is 0.334 e. The van der Waals surface area contributed by atoms with Crippen molar-refractivity contribution in [1.29, 1.82) is 0 Å². The number of rotatable bonds is 3. The van der Waals surface area contributed by atoms with Gasteiger partial charge in [-0.15, -0.1) is 0 Å². The lowest BCUT2D eigenvalue weighted by Gasteiger charge is -2.09. The van der Waals surface area contributed by atoms with Gasteiger partial charge < -0.3 is 15.6 Å². The van der Waals surface area contributed by atoms with Gasteiger partial charge in [-0.2, -0.15) is 0 Å². The van der Waals surface area contributed by atoms with Crippen LogP contribution in [0, 0.1) is 5.82 Å². The van der Waals surface area contributed by atoms with E-state index in [0.717, 1.165) is 28.1 Å². The smallest absolute Gasteiger partial charge is 0.319 e.